The van der Waals surface area contributed by atoms with Crippen LogP contribution in [-0.4, -0.2) is 24.2 Å². The average Bonchev–Trinajstić information content (AvgIpc) is 3.52. The fraction of sp³-hybridized carbons (Fsp3) is 0.480. The zero-order valence-corrected chi connectivity index (χ0v) is 17.9. The molecule has 2 nitrogen and oxygen atoms in total. The number of benzene rings is 2. The summed E-state index contributed by atoms with van der Waals surface area (Å²) < 4.78 is 39.7. The summed E-state index contributed by atoms with van der Waals surface area (Å²) in [7, 11) is 0. The van der Waals surface area contributed by atoms with Gasteiger partial charge in [-0.25, -0.2) is 0 Å². The van der Waals surface area contributed by atoms with Crippen molar-refractivity contribution in [3.8, 4) is 6.07 Å². The molecule has 2 aromatic carbocycles. The van der Waals surface area contributed by atoms with Crippen LogP contribution in [0.5, 0.6) is 0 Å². The van der Waals surface area contributed by atoms with Crippen molar-refractivity contribution >= 4 is 0 Å². The molecule has 0 spiro atoms. The number of hydrogen-bond donors (Lipinski definition) is 0. The molecule has 0 aromatic heterocycles. The Morgan fingerprint density at radius 2 is 1.57 bits per heavy atom. The van der Waals surface area contributed by atoms with Crippen LogP contribution >= 0.6 is 0 Å². The van der Waals surface area contributed by atoms with Crippen molar-refractivity contribution < 1.29 is 13.2 Å². The number of alkyl halides is 3. The van der Waals surface area contributed by atoms with E-state index < -0.39 is 11.6 Å². The highest BCUT2D eigenvalue weighted by atomic mass is 19.4. The van der Waals surface area contributed by atoms with Gasteiger partial charge in [-0.05, 0) is 61.9 Å². The quantitative estimate of drug-likeness (QED) is 0.457. The number of hydrogen-bond acceptors (Lipinski definition) is 2. The van der Waals surface area contributed by atoms with Crippen LogP contribution in [0.3, 0.4) is 0 Å². The Morgan fingerprint density at radius 1 is 0.967 bits per heavy atom. The zero-order valence-electron chi connectivity index (χ0n) is 17.9. The Bertz CT molecular complexity index is 788. The second-order valence-electron chi connectivity index (χ2n) is 7.87. The molecule has 0 radical (unpaired) electrons. The van der Waals surface area contributed by atoms with E-state index in [4.69, 9.17) is 5.26 Å². The van der Waals surface area contributed by atoms with Crippen molar-refractivity contribution in [1.82, 2.24) is 4.90 Å². The highest BCUT2D eigenvalue weighted by Crippen LogP contribution is 2.58. The van der Waals surface area contributed by atoms with Crippen molar-refractivity contribution in [1.29, 1.82) is 5.26 Å². The molecule has 3 rings (SSSR count). The first-order valence-corrected chi connectivity index (χ1v) is 10.6. The molecule has 0 bridgehead atoms. The summed E-state index contributed by atoms with van der Waals surface area (Å²) in [5, 5.41) is 7.32. The molecule has 2 aromatic rings. The Morgan fingerprint density at radius 3 is 2.07 bits per heavy atom. The average molecular weight is 417 g/mol. The van der Waals surface area contributed by atoms with Crippen LogP contribution in [0.25, 0.3) is 0 Å². The van der Waals surface area contributed by atoms with E-state index >= 15 is 0 Å². The predicted molar refractivity (Wildman–Crippen MR) is 115 cm³/mol. The van der Waals surface area contributed by atoms with E-state index in [1.54, 1.807) is 18.2 Å². The SMILES string of the molecule is CC#N.CCCN(CCCc1ccc(C2(C(F)(F)F)CC2)cc1)Cc1ccccc1. The van der Waals surface area contributed by atoms with E-state index in [1.807, 2.05) is 18.2 Å². The van der Waals surface area contributed by atoms with Gasteiger partial charge in [0.15, 0.2) is 0 Å². The molecule has 0 unspecified atom stereocenters. The normalized spacial score (nSPS) is 14.6. The smallest absolute Gasteiger partial charge is 0.299 e. The zero-order chi connectivity index (χ0) is 22.0. The molecule has 0 atom stereocenters. The number of halogens is 3. The lowest BCUT2D eigenvalue weighted by molar-refractivity contribution is -0.160. The lowest BCUT2D eigenvalue weighted by Gasteiger charge is -2.22. The largest absolute Gasteiger partial charge is 0.398 e. The fourth-order valence-electron chi connectivity index (χ4n) is 3.79. The van der Waals surface area contributed by atoms with Gasteiger partial charge in [0.1, 0.15) is 0 Å². The minimum Gasteiger partial charge on any atom is -0.299 e. The number of nitrogens with zero attached hydrogens (tertiary/aromatic N) is 2. The number of nitriles is 1. The highest BCUT2D eigenvalue weighted by Gasteiger charge is 2.64. The van der Waals surface area contributed by atoms with E-state index in [0.29, 0.717) is 5.56 Å². The summed E-state index contributed by atoms with van der Waals surface area (Å²) in [6.07, 6.45) is -0.665. The summed E-state index contributed by atoms with van der Waals surface area (Å²) in [4.78, 5) is 2.45. The topological polar surface area (TPSA) is 27.0 Å². The van der Waals surface area contributed by atoms with Gasteiger partial charge in [-0.15, -0.1) is 0 Å². The first-order valence-electron chi connectivity index (χ1n) is 10.6. The lowest BCUT2D eigenvalue weighted by Crippen LogP contribution is -2.28. The van der Waals surface area contributed by atoms with E-state index in [-0.39, 0.29) is 12.8 Å². The van der Waals surface area contributed by atoms with Crippen molar-refractivity contribution in [3.05, 3.63) is 71.3 Å². The van der Waals surface area contributed by atoms with Gasteiger partial charge >= 0.3 is 6.18 Å². The van der Waals surface area contributed by atoms with Gasteiger partial charge in [0.2, 0.25) is 0 Å². The molecule has 0 saturated heterocycles. The van der Waals surface area contributed by atoms with Gasteiger partial charge in [0, 0.05) is 13.5 Å². The Hall–Kier alpha value is -2.32. The van der Waals surface area contributed by atoms with Gasteiger partial charge in [0.05, 0.1) is 11.5 Å². The third-order valence-corrected chi connectivity index (χ3v) is 5.53. The Balaban J connectivity index is 0.00000101. The molecule has 0 amide bonds. The molecular weight excluding hydrogens is 385 g/mol. The van der Waals surface area contributed by atoms with Crippen LogP contribution in [0.2, 0.25) is 0 Å². The summed E-state index contributed by atoms with van der Waals surface area (Å²) in [5.74, 6) is 0. The van der Waals surface area contributed by atoms with Crippen LogP contribution in [0.15, 0.2) is 54.6 Å². The van der Waals surface area contributed by atoms with Gasteiger partial charge < -0.3 is 0 Å². The molecule has 1 aliphatic rings. The van der Waals surface area contributed by atoms with Crippen LogP contribution in [0, 0.1) is 11.3 Å². The maximum absolute atomic E-state index is 13.2. The van der Waals surface area contributed by atoms with Gasteiger partial charge in [-0.1, -0.05) is 61.5 Å². The van der Waals surface area contributed by atoms with E-state index in [9.17, 15) is 13.2 Å². The van der Waals surface area contributed by atoms with E-state index in [2.05, 4.69) is 36.1 Å². The Kier molecular flexibility index (Phi) is 8.92. The molecule has 162 valence electrons. The van der Waals surface area contributed by atoms with Crippen molar-refractivity contribution in [3.63, 3.8) is 0 Å². The molecule has 0 aliphatic heterocycles. The fourth-order valence-corrected chi connectivity index (χ4v) is 3.79. The van der Waals surface area contributed by atoms with E-state index in [1.165, 1.54) is 12.5 Å². The second kappa shape index (κ2) is 11.2. The summed E-state index contributed by atoms with van der Waals surface area (Å²) in [6.45, 7) is 6.62. The molecular formula is C25H31F3N2. The maximum Gasteiger partial charge on any atom is 0.398 e. The highest BCUT2D eigenvalue weighted by molar-refractivity contribution is 5.35. The minimum absolute atomic E-state index is 0.224. The lowest BCUT2D eigenvalue weighted by atomic mass is 9.94. The van der Waals surface area contributed by atoms with Gasteiger partial charge in [-0.3, -0.25) is 4.90 Å². The van der Waals surface area contributed by atoms with Crippen LogP contribution < -0.4 is 0 Å². The van der Waals surface area contributed by atoms with Crippen LogP contribution in [-0.2, 0) is 18.4 Å². The standard InChI is InChI=1S/C23H28F3N.C2H3N/c1-2-16-27(18-20-7-4-3-5-8-20)17-6-9-19-10-12-21(13-11-19)22(14-15-22)23(24,25)26;1-2-3/h3-5,7-8,10-13H,2,6,9,14-18H2,1H3;1H3. The molecule has 1 saturated carbocycles. The molecule has 1 aliphatic carbocycles. The summed E-state index contributed by atoms with van der Waals surface area (Å²) in [5.41, 5.74) is 1.29. The second-order valence-corrected chi connectivity index (χ2v) is 7.87. The first kappa shape index (κ1) is 24.0. The molecule has 30 heavy (non-hydrogen) atoms. The van der Waals surface area contributed by atoms with Crippen molar-refractivity contribution in [2.24, 2.45) is 0 Å². The van der Waals surface area contributed by atoms with Gasteiger partial charge in [-0.2, -0.15) is 18.4 Å². The van der Waals surface area contributed by atoms with Crippen LogP contribution in [0.1, 0.15) is 56.2 Å². The summed E-state index contributed by atoms with van der Waals surface area (Å²) in [6, 6.07) is 19.3. The monoisotopic (exact) mass is 416 g/mol. The minimum atomic E-state index is -4.13. The van der Waals surface area contributed by atoms with Crippen molar-refractivity contribution in [2.45, 2.75) is 64.1 Å². The van der Waals surface area contributed by atoms with Gasteiger partial charge in [0.25, 0.3) is 0 Å². The third kappa shape index (κ3) is 6.60. The molecule has 1 fully saturated rings. The molecule has 0 heterocycles. The third-order valence-electron chi connectivity index (χ3n) is 5.53. The Labute approximate surface area is 178 Å². The maximum atomic E-state index is 13.2. The van der Waals surface area contributed by atoms with Crippen molar-refractivity contribution in [2.75, 3.05) is 13.1 Å². The number of rotatable bonds is 9. The number of aryl methyl sites for hydroxylation is 1. The molecule has 5 heteroatoms. The van der Waals surface area contributed by atoms with E-state index in [0.717, 1.165) is 44.5 Å². The van der Waals surface area contributed by atoms with Crippen LogP contribution in [0.4, 0.5) is 13.2 Å². The first-order chi connectivity index (χ1) is 14.4. The summed E-state index contributed by atoms with van der Waals surface area (Å²) >= 11 is 0. The predicted octanol–water partition coefficient (Wildman–Crippen LogP) is 6.66. The molecule has 0 N–H and O–H groups in total.